The van der Waals surface area contributed by atoms with Crippen molar-refractivity contribution in [2.45, 2.75) is 23.5 Å². The molecule has 0 spiro atoms. The molecule has 1 atom stereocenters. The zero-order valence-corrected chi connectivity index (χ0v) is 13.1. The van der Waals surface area contributed by atoms with E-state index in [0.717, 1.165) is 17.7 Å². The first kappa shape index (κ1) is 14.8. The molecule has 1 amide bonds. The monoisotopic (exact) mass is 315 g/mol. The van der Waals surface area contributed by atoms with E-state index in [1.807, 2.05) is 24.3 Å². The van der Waals surface area contributed by atoms with Crippen molar-refractivity contribution >= 4 is 21.4 Å². The maximum atomic E-state index is 12.7. The Labute approximate surface area is 130 Å². The predicted molar refractivity (Wildman–Crippen MR) is 85.6 cm³/mol. The van der Waals surface area contributed by atoms with E-state index >= 15 is 0 Å². The molecule has 0 aromatic heterocycles. The van der Waals surface area contributed by atoms with Crippen LogP contribution in [0.5, 0.6) is 0 Å². The van der Waals surface area contributed by atoms with E-state index in [-0.39, 0.29) is 10.8 Å². The van der Waals surface area contributed by atoms with Gasteiger partial charge in [-0.1, -0.05) is 36.4 Å². The highest BCUT2D eigenvalue weighted by Crippen LogP contribution is 2.29. The SMILES string of the molecule is CC(C(=O)N1CCc2ccccc21)S(=O)(=O)c1ccccc1. The second kappa shape index (κ2) is 5.57. The fourth-order valence-electron chi connectivity index (χ4n) is 2.73. The second-order valence-electron chi connectivity index (χ2n) is 5.37. The van der Waals surface area contributed by atoms with E-state index in [4.69, 9.17) is 0 Å². The summed E-state index contributed by atoms with van der Waals surface area (Å²) in [7, 11) is -3.67. The van der Waals surface area contributed by atoms with Crippen LogP contribution in [0.25, 0.3) is 0 Å². The fraction of sp³-hybridized carbons (Fsp3) is 0.235. The van der Waals surface area contributed by atoms with E-state index in [0.29, 0.717) is 6.54 Å². The van der Waals surface area contributed by atoms with Crippen LogP contribution in [0.2, 0.25) is 0 Å². The van der Waals surface area contributed by atoms with Crippen LogP contribution in [-0.4, -0.2) is 26.1 Å². The lowest BCUT2D eigenvalue weighted by Gasteiger charge is -2.21. The number of fused-ring (bicyclic) bond motifs is 1. The molecule has 1 aliphatic heterocycles. The number of sulfone groups is 1. The maximum Gasteiger partial charge on any atom is 0.245 e. The molecule has 1 unspecified atom stereocenters. The summed E-state index contributed by atoms with van der Waals surface area (Å²) in [4.78, 5) is 14.4. The van der Waals surface area contributed by atoms with Gasteiger partial charge in [0.05, 0.1) is 4.90 Å². The van der Waals surface area contributed by atoms with Gasteiger partial charge < -0.3 is 4.90 Å². The number of benzene rings is 2. The Hall–Kier alpha value is -2.14. The van der Waals surface area contributed by atoms with Gasteiger partial charge in [0.15, 0.2) is 9.84 Å². The van der Waals surface area contributed by atoms with Crippen LogP contribution >= 0.6 is 0 Å². The van der Waals surface area contributed by atoms with Gasteiger partial charge in [-0.25, -0.2) is 8.42 Å². The van der Waals surface area contributed by atoms with Gasteiger partial charge in [0, 0.05) is 12.2 Å². The second-order valence-corrected chi connectivity index (χ2v) is 7.64. The van der Waals surface area contributed by atoms with Crippen LogP contribution in [0.15, 0.2) is 59.5 Å². The topological polar surface area (TPSA) is 54.5 Å². The largest absolute Gasteiger partial charge is 0.311 e. The molecule has 2 aromatic rings. The van der Waals surface area contributed by atoms with E-state index in [1.54, 1.807) is 23.1 Å². The molecule has 5 heteroatoms. The van der Waals surface area contributed by atoms with Crippen LogP contribution in [-0.2, 0) is 21.1 Å². The zero-order valence-electron chi connectivity index (χ0n) is 12.3. The summed E-state index contributed by atoms with van der Waals surface area (Å²) < 4.78 is 25.2. The third kappa shape index (κ3) is 2.41. The Morgan fingerprint density at radius 3 is 2.41 bits per heavy atom. The van der Waals surface area contributed by atoms with Crippen molar-refractivity contribution in [2.24, 2.45) is 0 Å². The van der Waals surface area contributed by atoms with Crippen LogP contribution < -0.4 is 4.90 Å². The maximum absolute atomic E-state index is 12.7. The summed E-state index contributed by atoms with van der Waals surface area (Å²) in [6.45, 7) is 2.00. The molecule has 0 saturated carbocycles. The Morgan fingerprint density at radius 1 is 1.05 bits per heavy atom. The van der Waals surface area contributed by atoms with Crippen LogP contribution in [0.1, 0.15) is 12.5 Å². The van der Waals surface area contributed by atoms with E-state index in [1.165, 1.54) is 19.1 Å². The molecular formula is C17H17NO3S. The van der Waals surface area contributed by atoms with E-state index in [2.05, 4.69) is 0 Å². The Morgan fingerprint density at radius 2 is 1.68 bits per heavy atom. The molecule has 1 heterocycles. The smallest absolute Gasteiger partial charge is 0.245 e. The quantitative estimate of drug-likeness (QED) is 0.874. The van der Waals surface area contributed by atoms with Crippen molar-refractivity contribution in [2.75, 3.05) is 11.4 Å². The molecule has 4 nitrogen and oxygen atoms in total. The normalized spacial score (nSPS) is 15.4. The summed E-state index contributed by atoms with van der Waals surface area (Å²) in [5, 5.41) is -1.10. The molecule has 0 N–H and O–H groups in total. The number of hydrogen-bond acceptors (Lipinski definition) is 3. The number of nitrogens with zero attached hydrogens (tertiary/aromatic N) is 1. The van der Waals surface area contributed by atoms with E-state index < -0.39 is 15.1 Å². The number of carbonyl (C=O) groups is 1. The first-order valence-electron chi connectivity index (χ1n) is 7.20. The van der Waals surface area contributed by atoms with Crippen molar-refractivity contribution in [3.8, 4) is 0 Å². The van der Waals surface area contributed by atoms with Crippen molar-refractivity contribution < 1.29 is 13.2 Å². The minimum absolute atomic E-state index is 0.184. The number of anilines is 1. The van der Waals surface area contributed by atoms with Gasteiger partial charge in [-0.15, -0.1) is 0 Å². The van der Waals surface area contributed by atoms with Gasteiger partial charge in [-0.2, -0.15) is 0 Å². The molecule has 0 bridgehead atoms. The average Bonchev–Trinajstić information content (AvgIpc) is 2.98. The zero-order chi connectivity index (χ0) is 15.7. The minimum atomic E-state index is -3.67. The molecule has 3 rings (SSSR count). The Bertz CT molecular complexity index is 800. The van der Waals surface area contributed by atoms with Crippen LogP contribution in [0, 0.1) is 0 Å². The Balaban J connectivity index is 1.90. The molecular weight excluding hydrogens is 298 g/mol. The summed E-state index contributed by atoms with van der Waals surface area (Å²) in [5.41, 5.74) is 1.91. The van der Waals surface area contributed by atoms with Gasteiger partial charge >= 0.3 is 0 Å². The third-order valence-corrected chi connectivity index (χ3v) is 6.10. The van der Waals surface area contributed by atoms with Crippen molar-refractivity contribution in [1.82, 2.24) is 0 Å². The number of hydrogen-bond donors (Lipinski definition) is 0. The van der Waals surface area contributed by atoms with Gasteiger partial charge in [0.2, 0.25) is 5.91 Å². The lowest BCUT2D eigenvalue weighted by molar-refractivity contribution is -0.117. The standard InChI is InChI=1S/C17H17NO3S/c1-13(22(20,21)15-8-3-2-4-9-15)17(19)18-12-11-14-7-5-6-10-16(14)18/h2-10,13H,11-12H2,1H3. The average molecular weight is 315 g/mol. The molecule has 1 aliphatic rings. The van der Waals surface area contributed by atoms with Gasteiger partial charge in [0.1, 0.15) is 5.25 Å². The van der Waals surface area contributed by atoms with Crippen LogP contribution in [0.3, 0.4) is 0 Å². The van der Waals surface area contributed by atoms with E-state index in [9.17, 15) is 13.2 Å². The molecule has 0 fully saturated rings. The lowest BCUT2D eigenvalue weighted by atomic mass is 10.2. The number of rotatable bonds is 3. The summed E-state index contributed by atoms with van der Waals surface area (Å²) in [5.74, 6) is -0.367. The molecule has 0 aliphatic carbocycles. The fourth-order valence-corrected chi connectivity index (χ4v) is 4.07. The van der Waals surface area contributed by atoms with Gasteiger partial charge in [-0.3, -0.25) is 4.79 Å². The molecule has 2 aromatic carbocycles. The number of amides is 1. The highest BCUT2D eigenvalue weighted by molar-refractivity contribution is 7.92. The lowest BCUT2D eigenvalue weighted by Crippen LogP contribution is -2.40. The Kier molecular flexibility index (Phi) is 3.74. The predicted octanol–water partition coefficient (Wildman–Crippen LogP) is 2.44. The molecule has 0 saturated heterocycles. The third-order valence-electron chi connectivity index (χ3n) is 4.04. The molecule has 114 valence electrons. The van der Waals surface area contributed by atoms with Crippen molar-refractivity contribution in [3.05, 3.63) is 60.2 Å². The first-order valence-corrected chi connectivity index (χ1v) is 8.74. The molecule has 22 heavy (non-hydrogen) atoms. The molecule has 0 radical (unpaired) electrons. The van der Waals surface area contributed by atoms with Gasteiger partial charge in [-0.05, 0) is 37.1 Å². The van der Waals surface area contributed by atoms with Crippen molar-refractivity contribution in [1.29, 1.82) is 0 Å². The summed E-state index contributed by atoms with van der Waals surface area (Å²) >= 11 is 0. The first-order chi connectivity index (χ1) is 10.5. The summed E-state index contributed by atoms with van der Waals surface area (Å²) in [6.07, 6.45) is 0.764. The minimum Gasteiger partial charge on any atom is -0.311 e. The van der Waals surface area contributed by atoms with Crippen molar-refractivity contribution in [3.63, 3.8) is 0 Å². The highest BCUT2D eigenvalue weighted by Gasteiger charge is 2.35. The van der Waals surface area contributed by atoms with Crippen LogP contribution in [0.4, 0.5) is 5.69 Å². The summed E-state index contributed by atoms with van der Waals surface area (Å²) in [6, 6.07) is 15.7. The number of para-hydroxylation sites is 1. The number of carbonyl (C=O) groups excluding carboxylic acids is 1. The van der Waals surface area contributed by atoms with Gasteiger partial charge in [0.25, 0.3) is 0 Å². The highest BCUT2D eigenvalue weighted by atomic mass is 32.2.